The molecule has 1 aromatic carbocycles. The molecule has 3 nitrogen and oxygen atoms in total. The number of hydrogen-bond acceptors (Lipinski definition) is 2. The van der Waals surface area contributed by atoms with Crippen LogP contribution in [-0.2, 0) is 0 Å². The Bertz CT molecular complexity index is 467. The number of halogens is 3. The van der Waals surface area contributed by atoms with Crippen molar-refractivity contribution < 1.29 is 13.6 Å². The third-order valence-corrected chi connectivity index (χ3v) is 2.87. The quantitative estimate of drug-likeness (QED) is 0.879. The SMILES string of the molecule is Cc1cc(C(=O)NC(CN)CC(C)C)c(F)cc1F.Cl. The largest absolute Gasteiger partial charge is 0.348 e. The van der Waals surface area contributed by atoms with Gasteiger partial charge >= 0.3 is 0 Å². The second kappa shape index (κ2) is 8.17. The molecule has 0 radical (unpaired) electrons. The summed E-state index contributed by atoms with van der Waals surface area (Å²) in [5.74, 6) is -1.71. The van der Waals surface area contributed by atoms with Gasteiger partial charge in [0.25, 0.3) is 5.91 Å². The Labute approximate surface area is 124 Å². The van der Waals surface area contributed by atoms with Gasteiger partial charge < -0.3 is 11.1 Å². The number of hydrogen-bond donors (Lipinski definition) is 2. The Morgan fingerprint density at radius 2 is 1.90 bits per heavy atom. The number of rotatable bonds is 5. The van der Waals surface area contributed by atoms with Gasteiger partial charge in [0, 0.05) is 18.7 Å². The molecule has 1 atom stereocenters. The fourth-order valence-corrected chi connectivity index (χ4v) is 1.88. The lowest BCUT2D eigenvalue weighted by atomic mass is 10.0. The first kappa shape index (κ1) is 18.8. The molecule has 114 valence electrons. The predicted octanol–water partition coefficient (Wildman–Crippen LogP) is 2.80. The predicted molar refractivity (Wildman–Crippen MR) is 78.1 cm³/mol. The average Bonchev–Trinajstić information content (AvgIpc) is 2.32. The highest BCUT2D eigenvalue weighted by Gasteiger charge is 2.18. The Morgan fingerprint density at radius 3 is 2.40 bits per heavy atom. The zero-order valence-electron chi connectivity index (χ0n) is 11.9. The summed E-state index contributed by atoms with van der Waals surface area (Å²) in [5.41, 5.74) is 5.66. The maximum absolute atomic E-state index is 13.6. The highest BCUT2D eigenvalue weighted by atomic mass is 35.5. The minimum absolute atomic E-state index is 0. The minimum Gasteiger partial charge on any atom is -0.348 e. The van der Waals surface area contributed by atoms with Gasteiger partial charge in [0.1, 0.15) is 11.6 Å². The fraction of sp³-hybridized carbons (Fsp3) is 0.500. The van der Waals surface area contributed by atoms with E-state index in [1.54, 1.807) is 0 Å². The van der Waals surface area contributed by atoms with Gasteiger partial charge in [-0.2, -0.15) is 0 Å². The van der Waals surface area contributed by atoms with E-state index >= 15 is 0 Å². The molecule has 3 N–H and O–H groups in total. The minimum atomic E-state index is -0.860. The van der Waals surface area contributed by atoms with E-state index in [0.717, 1.165) is 6.07 Å². The zero-order valence-corrected chi connectivity index (χ0v) is 12.7. The standard InChI is InChI=1S/C14H20F2N2O.ClH/c1-8(2)4-10(7-17)18-14(19)11-5-9(3)12(15)6-13(11)16;/h5-6,8,10H,4,7,17H2,1-3H3,(H,18,19);1H. The van der Waals surface area contributed by atoms with Crippen LogP contribution in [0.3, 0.4) is 0 Å². The van der Waals surface area contributed by atoms with Crippen LogP contribution < -0.4 is 11.1 Å². The summed E-state index contributed by atoms with van der Waals surface area (Å²) in [6, 6.07) is 1.73. The summed E-state index contributed by atoms with van der Waals surface area (Å²) >= 11 is 0. The normalized spacial score (nSPS) is 11.9. The van der Waals surface area contributed by atoms with E-state index in [4.69, 9.17) is 5.73 Å². The van der Waals surface area contributed by atoms with Crippen molar-refractivity contribution in [3.63, 3.8) is 0 Å². The van der Waals surface area contributed by atoms with Crippen LogP contribution in [0.15, 0.2) is 12.1 Å². The van der Waals surface area contributed by atoms with Crippen molar-refractivity contribution in [2.24, 2.45) is 11.7 Å². The molecule has 0 aliphatic heterocycles. The molecule has 0 aromatic heterocycles. The molecule has 1 rings (SSSR count). The van der Waals surface area contributed by atoms with Crippen molar-refractivity contribution in [2.45, 2.75) is 33.2 Å². The van der Waals surface area contributed by atoms with Crippen LogP contribution in [0.4, 0.5) is 8.78 Å². The zero-order chi connectivity index (χ0) is 14.6. The molecule has 1 amide bonds. The van der Waals surface area contributed by atoms with Gasteiger partial charge in [-0.15, -0.1) is 12.4 Å². The van der Waals surface area contributed by atoms with Gasteiger partial charge in [0.15, 0.2) is 0 Å². The highest BCUT2D eigenvalue weighted by molar-refractivity contribution is 5.94. The monoisotopic (exact) mass is 306 g/mol. The number of amides is 1. The van der Waals surface area contributed by atoms with Gasteiger partial charge in [0.2, 0.25) is 0 Å². The van der Waals surface area contributed by atoms with E-state index in [2.05, 4.69) is 5.32 Å². The Hall–Kier alpha value is -1.20. The summed E-state index contributed by atoms with van der Waals surface area (Å²) in [6.45, 7) is 5.79. The van der Waals surface area contributed by atoms with Crippen molar-refractivity contribution >= 4 is 18.3 Å². The molecule has 0 saturated carbocycles. The van der Waals surface area contributed by atoms with Crippen LogP contribution in [0.2, 0.25) is 0 Å². The molecule has 0 fully saturated rings. The van der Waals surface area contributed by atoms with Crippen LogP contribution >= 0.6 is 12.4 Å². The van der Waals surface area contributed by atoms with Gasteiger partial charge in [-0.25, -0.2) is 8.78 Å². The second-order valence-corrected chi connectivity index (χ2v) is 5.12. The smallest absolute Gasteiger partial charge is 0.254 e. The van der Waals surface area contributed by atoms with Crippen molar-refractivity contribution in [3.05, 3.63) is 34.9 Å². The molecule has 20 heavy (non-hydrogen) atoms. The Morgan fingerprint density at radius 1 is 1.30 bits per heavy atom. The van der Waals surface area contributed by atoms with Gasteiger partial charge in [-0.1, -0.05) is 13.8 Å². The molecule has 0 spiro atoms. The van der Waals surface area contributed by atoms with Crippen LogP contribution in [0, 0.1) is 24.5 Å². The lowest BCUT2D eigenvalue weighted by molar-refractivity contribution is 0.0929. The molecule has 1 aromatic rings. The van der Waals surface area contributed by atoms with E-state index in [1.807, 2.05) is 13.8 Å². The van der Waals surface area contributed by atoms with Gasteiger partial charge in [-0.3, -0.25) is 4.79 Å². The summed E-state index contributed by atoms with van der Waals surface area (Å²) in [7, 11) is 0. The van der Waals surface area contributed by atoms with Crippen molar-refractivity contribution in [3.8, 4) is 0 Å². The second-order valence-electron chi connectivity index (χ2n) is 5.12. The van der Waals surface area contributed by atoms with E-state index in [1.165, 1.54) is 13.0 Å². The molecule has 0 bridgehead atoms. The summed E-state index contributed by atoms with van der Waals surface area (Å²) in [5, 5.41) is 2.68. The van der Waals surface area contributed by atoms with Crippen LogP contribution in [0.5, 0.6) is 0 Å². The van der Waals surface area contributed by atoms with Crippen LogP contribution in [0.25, 0.3) is 0 Å². The molecular weight excluding hydrogens is 286 g/mol. The number of nitrogens with one attached hydrogen (secondary N) is 1. The third-order valence-electron chi connectivity index (χ3n) is 2.87. The number of carbonyl (C=O) groups excluding carboxylic acids is 1. The fourth-order valence-electron chi connectivity index (χ4n) is 1.88. The molecule has 0 heterocycles. The summed E-state index contributed by atoms with van der Waals surface area (Å²) < 4.78 is 26.7. The van der Waals surface area contributed by atoms with Gasteiger partial charge in [0.05, 0.1) is 5.56 Å². The van der Waals surface area contributed by atoms with Gasteiger partial charge in [-0.05, 0) is 30.9 Å². The maximum Gasteiger partial charge on any atom is 0.254 e. The molecule has 6 heteroatoms. The summed E-state index contributed by atoms with van der Waals surface area (Å²) in [6.07, 6.45) is 0.712. The Balaban J connectivity index is 0.00000361. The third kappa shape index (κ3) is 5.06. The summed E-state index contributed by atoms with van der Waals surface area (Å²) in [4.78, 5) is 12.0. The lowest BCUT2D eigenvalue weighted by Crippen LogP contribution is -2.41. The molecule has 1 unspecified atom stereocenters. The highest BCUT2D eigenvalue weighted by Crippen LogP contribution is 2.14. The molecular formula is C14H21ClF2N2O. The van der Waals surface area contributed by atoms with E-state index in [9.17, 15) is 13.6 Å². The number of nitrogens with two attached hydrogens (primary N) is 1. The van der Waals surface area contributed by atoms with Crippen molar-refractivity contribution in [1.82, 2.24) is 5.32 Å². The number of carbonyl (C=O) groups is 1. The van der Waals surface area contributed by atoms with E-state index < -0.39 is 17.5 Å². The van der Waals surface area contributed by atoms with Crippen molar-refractivity contribution in [2.75, 3.05) is 6.54 Å². The first-order valence-corrected chi connectivity index (χ1v) is 6.31. The topological polar surface area (TPSA) is 55.1 Å². The van der Waals surface area contributed by atoms with E-state index in [0.29, 0.717) is 12.3 Å². The number of aryl methyl sites for hydroxylation is 1. The average molecular weight is 307 g/mol. The first-order valence-electron chi connectivity index (χ1n) is 6.31. The van der Waals surface area contributed by atoms with E-state index in [-0.39, 0.29) is 36.1 Å². The Kier molecular flexibility index (Phi) is 7.68. The van der Waals surface area contributed by atoms with Crippen LogP contribution in [0.1, 0.15) is 36.2 Å². The molecule has 0 saturated heterocycles. The van der Waals surface area contributed by atoms with Crippen molar-refractivity contribution in [1.29, 1.82) is 0 Å². The molecule has 0 aliphatic rings. The van der Waals surface area contributed by atoms with Crippen LogP contribution in [-0.4, -0.2) is 18.5 Å². The maximum atomic E-state index is 13.6. The first-order chi connectivity index (χ1) is 8.85. The molecule has 0 aliphatic carbocycles. The number of benzene rings is 1. The lowest BCUT2D eigenvalue weighted by Gasteiger charge is -2.19.